The number of rotatable bonds is 7. The van der Waals surface area contributed by atoms with E-state index in [-0.39, 0.29) is 12.1 Å². The van der Waals surface area contributed by atoms with E-state index in [0.717, 1.165) is 28.0 Å². The molecule has 0 spiro atoms. The molecule has 0 aliphatic carbocycles. The first-order valence-electron chi connectivity index (χ1n) is 6.81. The lowest BCUT2D eigenvalue weighted by Gasteiger charge is -2.15. The van der Waals surface area contributed by atoms with Crippen LogP contribution in [-0.4, -0.2) is 22.1 Å². The number of nitrogens with one attached hydrogen (secondary N) is 1. The van der Waals surface area contributed by atoms with Gasteiger partial charge in [-0.05, 0) is 37.3 Å². The van der Waals surface area contributed by atoms with Crippen LogP contribution in [0.4, 0.5) is 8.78 Å². The molecule has 1 aromatic carbocycles. The monoisotopic (exact) mass is 361 g/mol. The van der Waals surface area contributed by atoms with Gasteiger partial charge in [0.05, 0.1) is 5.75 Å². The predicted octanol–water partition coefficient (Wildman–Crippen LogP) is 3.14. The van der Waals surface area contributed by atoms with Crippen molar-refractivity contribution >= 4 is 21.4 Å². The van der Waals surface area contributed by atoms with Crippen LogP contribution in [0.1, 0.15) is 21.4 Å². The van der Waals surface area contributed by atoms with Crippen LogP contribution in [0.2, 0.25) is 0 Å². The average molecular weight is 361 g/mol. The topological polar surface area (TPSA) is 55.4 Å². The molecule has 4 nitrogen and oxygen atoms in total. The normalized spacial score (nSPS) is 13.2. The molecule has 1 atom stereocenters. The molecule has 8 heteroatoms. The van der Waals surface area contributed by atoms with E-state index in [1.807, 2.05) is 19.1 Å². The Kier molecular flexibility index (Phi) is 5.85. The number of benzene rings is 1. The van der Waals surface area contributed by atoms with Gasteiger partial charge in [-0.15, -0.1) is 11.3 Å². The van der Waals surface area contributed by atoms with E-state index in [4.69, 9.17) is 4.74 Å². The molecule has 0 bridgehead atoms. The summed E-state index contributed by atoms with van der Waals surface area (Å²) in [4.78, 5) is 1.98. The van der Waals surface area contributed by atoms with Gasteiger partial charge in [0.1, 0.15) is 17.7 Å². The van der Waals surface area contributed by atoms with Gasteiger partial charge >= 0.3 is 0 Å². The van der Waals surface area contributed by atoms with Crippen LogP contribution in [0, 0.1) is 18.6 Å². The molecule has 1 N–H and O–H groups in total. The summed E-state index contributed by atoms with van der Waals surface area (Å²) in [6.07, 6.45) is -0.430. The second-order valence-electron chi connectivity index (χ2n) is 5.02. The van der Waals surface area contributed by atoms with Crippen molar-refractivity contribution in [1.29, 1.82) is 0 Å². The molecule has 0 amide bonds. The highest BCUT2D eigenvalue weighted by molar-refractivity contribution is 7.88. The smallest absolute Gasteiger partial charge is 0.215 e. The Morgan fingerprint density at radius 1 is 1.26 bits per heavy atom. The molecule has 2 rings (SSSR count). The van der Waals surface area contributed by atoms with Gasteiger partial charge in [0, 0.05) is 29.0 Å². The van der Waals surface area contributed by atoms with E-state index in [1.54, 1.807) is 0 Å². The van der Waals surface area contributed by atoms with Crippen molar-refractivity contribution in [3.8, 4) is 0 Å². The maximum atomic E-state index is 13.6. The molecule has 0 fully saturated rings. The number of hydrogen-bond donors (Lipinski definition) is 1. The van der Waals surface area contributed by atoms with Gasteiger partial charge in [0.15, 0.2) is 0 Å². The van der Waals surface area contributed by atoms with Crippen molar-refractivity contribution in [2.45, 2.75) is 18.8 Å². The second-order valence-corrected chi connectivity index (χ2v) is 8.14. The van der Waals surface area contributed by atoms with E-state index in [0.29, 0.717) is 0 Å². The number of halogens is 2. The highest BCUT2D eigenvalue weighted by Gasteiger charge is 2.19. The van der Waals surface area contributed by atoms with Gasteiger partial charge in [0.25, 0.3) is 0 Å². The zero-order valence-electron chi connectivity index (χ0n) is 12.7. The average Bonchev–Trinajstić information content (AvgIpc) is 2.90. The molecule has 126 valence electrons. The lowest BCUT2D eigenvalue weighted by Crippen LogP contribution is -2.30. The number of methoxy groups -OCH3 is 1. The summed E-state index contributed by atoms with van der Waals surface area (Å²) in [6, 6.07) is 6.52. The Labute approximate surface area is 138 Å². The third kappa shape index (κ3) is 5.07. The SMILES string of the molecule is COC(CNS(=O)(=O)Cc1cc(F)ccc1F)c1ccc(C)s1. The van der Waals surface area contributed by atoms with Crippen molar-refractivity contribution in [2.24, 2.45) is 0 Å². The fraction of sp³-hybridized carbons (Fsp3) is 0.333. The van der Waals surface area contributed by atoms with Gasteiger partial charge in [-0.3, -0.25) is 0 Å². The van der Waals surface area contributed by atoms with Crippen molar-refractivity contribution in [3.63, 3.8) is 0 Å². The number of thiophene rings is 1. The summed E-state index contributed by atoms with van der Waals surface area (Å²) in [7, 11) is -2.33. The minimum atomic E-state index is -3.81. The molecule has 1 aromatic heterocycles. The lowest BCUT2D eigenvalue weighted by molar-refractivity contribution is 0.110. The van der Waals surface area contributed by atoms with Crippen molar-refractivity contribution < 1.29 is 21.9 Å². The van der Waals surface area contributed by atoms with E-state index in [9.17, 15) is 17.2 Å². The summed E-state index contributed by atoms with van der Waals surface area (Å²) >= 11 is 1.51. The third-order valence-electron chi connectivity index (χ3n) is 3.20. The number of ether oxygens (including phenoxy) is 1. The fourth-order valence-electron chi connectivity index (χ4n) is 2.04. The van der Waals surface area contributed by atoms with E-state index in [1.165, 1.54) is 18.4 Å². The summed E-state index contributed by atoms with van der Waals surface area (Å²) in [6.45, 7) is 1.97. The summed E-state index contributed by atoms with van der Waals surface area (Å²) in [5, 5.41) is 0. The van der Waals surface area contributed by atoms with E-state index >= 15 is 0 Å². The van der Waals surface area contributed by atoms with Crippen LogP contribution in [0.5, 0.6) is 0 Å². The van der Waals surface area contributed by atoms with Gasteiger partial charge in [-0.25, -0.2) is 21.9 Å². The van der Waals surface area contributed by atoms with Crippen LogP contribution in [0.25, 0.3) is 0 Å². The Morgan fingerprint density at radius 3 is 2.61 bits per heavy atom. The maximum absolute atomic E-state index is 13.6. The molecular formula is C15H17F2NO3S2. The Balaban J connectivity index is 2.04. The predicted molar refractivity (Wildman–Crippen MR) is 85.8 cm³/mol. The first-order valence-corrected chi connectivity index (χ1v) is 9.28. The van der Waals surface area contributed by atoms with Gasteiger partial charge in [-0.2, -0.15) is 0 Å². The van der Waals surface area contributed by atoms with Crippen LogP contribution < -0.4 is 4.72 Å². The summed E-state index contributed by atoms with van der Waals surface area (Å²) in [5.74, 6) is -2.06. The number of hydrogen-bond acceptors (Lipinski definition) is 4. The van der Waals surface area contributed by atoms with Crippen molar-refractivity contribution in [1.82, 2.24) is 4.72 Å². The van der Waals surface area contributed by atoms with Crippen molar-refractivity contribution in [2.75, 3.05) is 13.7 Å². The number of sulfonamides is 1. The standard InChI is InChI=1S/C15H17F2NO3S2/c1-10-3-6-15(22-10)14(21-2)8-18-23(19,20)9-11-7-12(16)4-5-13(11)17/h3-7,14,18H,8-9H2,1-2H3. The van der Waals surface area contributed by atoms with Gasteiger partial charge < -0.3 is 4.74 Å². The Morgan fingerprint density at radius 2 is 2.00 bits per heavy atom. The molecule has 0 radical (unpaired) electrons. The zero-order chi connectivity index (χ0) is 17.0. The van der Waals surface area contributed by atoms with Crippen LogP contribution >= 0.6 is 11.3 Å². The molecule has 0 saturated heterocycles. The maximum Gasteiger partial charge on any atom is 0.215 e. The molecule has 0 saturated carbocycles. The highest BCUT2D eigenvalue weighted by atomic mass is 32.2. The molecule has 0 aliphatic rings. The zero-order valence-corrected chi connectivity index (χ0v) is 14.3. The van der Waals surface area contributed by atoms with Crippen LogP contribution in [0.15, 0.2) is 30.3 Å². The molecular weight excluding hydrogens is 344 g/mol. The molecule has 1 heterocycles. The fourth-order valence-corrected chi connectivity index (χ4v) is 4.13. The highest BCUT2D eigenvalue weighted by Crippen LogP contribution is 2.24. The summed E-state index contributed by atoms with van der Waals surface area (Å²) in [5.41, 5.74) is -0.210. The summed E-state index contributed by atoms with van der Waals surface area (Å²) < 4.78 is 58.5. The molecule has 1 unspecified atom stereocenters. The quantitative estimate of drug-likeness (QED) is 0.824. The molecule has 2 aromatic rings. The molecule has 0 aliphatic heterocycles. The van der Waals surface area contributed by atoms with Crippen molar-refractivity contribution in [3.05, 3.63) is 57.3 Å². The Hall–Kier alpha value is -1.35. The second kappa shape index (κ2) is 7.48. The van der Waals surface area contributed by atoms with Gasteiger partial charge in [0.2, 0.25) is 10.0 Å². The van der Waals surface area contributed by atoms with Crippen LogP contribution in [0.3, 0.4) is 0 Å². The lowest BCUT2D eigenvalue weighted by atomic mass is 10.2. The first kappa shape index (κ1) is 18.0. The van der Waals surface area contributed by atoms with E-state index < -0.39 is 33.5 Å². The largest absolute Gasteiger partial charge is 0.375 e. The van der Waals surface area contributed by atoms with E-state index in [2.05, 4.69) is 4.72 Å². The van der Waals surface area contributed by atoms with Gasteiger partial charge in [-0.1, -0.05) is 0 Å². The third-order valence-corrected chi connectivity index (χ3v) is 5.60. The Bertz CT molecular complexity index is 775. The van der Waals surface area contributed by atoms with Crippen LogP contribution in [-0.2, 0) is 20.5 Å². The first-order chi connectivity index (χ1) is 10.8. The molecule has 23 heavy (non-hydrogen) atoms. The minimum absolute atomic E-state index is 0.0235. The minimum Gasteiger partial charge on any atom is -0.375 e. The number of aryl methyl sites for hydroxylation is 1.